The van der Waals surface area contributed by atoms with E-state index in [2.05, 4.69) is 20.5 Å². The number of nitro groups is 1. The molecule has 0 saturated heterocycles. The molecule has 0 saturated carbocycles. The van der Waals surface area contributed by atoms with Gasteiger partial charge in [-0.3, -0.25) is 19.9 Å². The maximum atomic E-state index is 12.1. The summed E-state index contributed by atoms with van der Waals surface area (Å²) in [5.74, 6) is 0.0814. The first-order valence-electron chi connectivity index (χ1n) is 10.4. The standard InChI is InChI=1S/C25H19N5O4S/c31-23(27-21-12-14-22(15-13-21)30(32)33)17-35-25-29-28-24(34-25)19-8-10-20(11-9-19)26-16-4-7-18-5-2-1-3-6-18/h1-16H,17H2,(H,27,31)/b7-4+,26-16?. The number of nitrogens with one attached hydrogen (secondary N) is 1. The van der Waals surface area contributed by atoms with Crippen molar-refractivity contribution in [3.63, 3.8) is 0 Å². The van der Waals surface area contributed by atoms with E-state index in [1.165, 1.54) is 24.3 Å². The van der Waals surface area contributed by atoms with Crippen molar-refractivity contribution < 1.29 is 14.1 Å². The topological polar surface area (TPSA) is 124 Å². The minimum Gasteiger partial charge on any atom is -0.411 e. The lowest BCUT2D eigenvalue weighted by Gasteiger charge is -2.03. The molecule has 1 heterocycles. The van der Waals surface area contributed by atoms with Crippen LogP contribution in [0.1, 0.15) is 5.56 Å². The van der Waals surface area contributed by atoms with Gasteiger partial charge in [0.15, 0.2) is 0 Å². The Hall–Kier alpha value is -4.57. The number of nitrogens with zero attached hydrogens (tertiary/aromatic N) is 4. The predicted molar refractivity (Wildman–Crippen MR) is 136 cm³/mol. The van der Waals surface area contributed by atoms with Gasteiger partial charge in [0.1, 0.15) is 0 Å². The number of aromatic nitrogens is 2. The normalized spacial score (nSPS) is 11.2. The number of nitro benzene ring substituents is 1. The van der Waals surface area contributed by atoms with E-state index in [1.807, 2.05) is 66.7 Å². The van der Waals surface area contributed by atoms with Crippen molar-refractivity contribution in [3.8, 4) is 11.5 Å². The van der Waals surface area contributed by atoms with Crippen molar-refractivity contribution in [3.05, 3.63) is 101 Å². The summed E-state index contributed by atoms with van der Waals surface area (Å²) in [5, 5.41) is 21.6. The number of benzene rings is 3. The van der Waals surface area contributed by atoms with Crippen LogP contribution < -0.4 is 5.32 Å². The smallest absolute Gasteiger partial charge is 0.277 e. The van der Waals surface area contributed by atoms with Crippen LogP contribution in [0.5, 0.6) is 0 Å². The molecule has 3 aromatic carbocycles. The summed E-state index contributed by atoms with van der Waals surface area (Å²) in [4.78, 5) is 26.7. The molecule has 35 heavy (non-hydrogen) atoms. The van der Waals surface area contributed by atoms with Crippen LogP contribution in [0.4, 0.5) is 17.1 Å². The highest BCUT2D eigenvalue weighted by Gasteiger charge is 2.12. The second-order valence-electron chi connectivity index (χ2n) is 7.11. The molecular weight excluding hydrogens is 466 g/mol. The number of hydrogen-bond acceptors (Lipinski definition) is 8. The van der Waals surface area contributed by atoms with Crippen molar-refractivity contribution in [2.24, 2.45) is 4.99 Å². The molecule has 0 bridgehead atoms. The molecule has 1 aromatic heterocycles. The number of rotatable bonds is 9. The van der Waals surface area contributed by atoms with Crippen LogP contribution in [0, 0.1) is 10.1 Å². The quantitative estimate of drug-likeness (QED) is 0.138. The van der Waals surface area contributed by atoms with Gasteiger partial charge in [-0.25, -0.2) is 0 Å². The van der Waals surface area contributed by atoms with E-state index < -0.39 is 4.92 Å². The molecule has 9 nitrogen and oxygen atoms in total. The highest BCUT2D eigenvalue weighted by Crippen LogP contribution is 2.25. The molecular formula is C25H19N5O4S. The first-order chi connectivity index (χ1) is 17.1. The van der Waals surface area contributed by atoms with Gasteiger partial charge in [-0.1, -0.05) is 48.2 Å². The lowest BCUT2D eigenvalue weighted by Crippen LogP contribution is -2.13. The number of carbonyl (C=O) groups is 1. The Morgan fingerprint density at radius 3 is 2.49 bits per heavy atom. The van der Waals surface area contributed by atoms with Gasteiger partial charge < -0.3 is 9.73 Å². The predicted octanol–water partition coefficient (Wildman–Crippen LogP) is 5.79. The van der Waals surface area contributed by atoms with Crippen molar-refractivity contribution in [2.45, 2.75) is 5.22 Å². The molecule has 0 aliphatic heterocycles. The van der Waals surface area contributed by atoms with Crippen molar-refractivity contribution >= 4 is 47.0 Å². The van der Waals surface area contributed by atoms with Crippen molar-refractivity contribution in [1.29, 1.82) is 0 Å². The molecule has 0 aliphatic rings. The summed E-state index contributed by atoms with van der Waals surface area (Å²) < 4.78 is 5.64. The van der Waals surface area contributed by atoms with Gasteiger partial charge in [0, 0.05) is 29.6 Å². The fourth-order valence-electron chi connectivity index (χ4n) is 2.91. The summed E-state index contributed by atoms with van der Waals surface area (Å²) in [6, 6.07) is 22.9. The number of amides is 1. The minimum absolute atomic E-state index is 0.0444. The maximum absolute atomic E-state index is 12.1. The second kappa shape index (κ2) is 11.5. The van der Waals surface area contributed by atoms with Gasteiger partial charge in [0.2, 0.25) is 11.8 Å². The average molecular weight is 486 g/mol. The molecule has 4 aromatic rings. The Morgan fingerprint density at radius 1 is 1.03 bits per heavy atom. The average Bonchev–Trinajstić information content (AvgIpc) is 3.36. The third-order valence-electron chi connectivity index (χ3n) is 4.61. The molecule has 10 heteroatoms. The van der Waals surface area contributed by atoms with E-state index >= 15 is 0 Å². The molecule has 0 atom stereocenters. The van der Waals surface area contributed by atoms with Crippen LogP contribution >= 0.6 is 11.8 Å². The van der Waals surface area contributed by atoms with Gasteiger partial charge in [-0.2, -0.15) is 0 Å². The molecule has 1 N–H and O–H groups in total. The molecule has 0 aliphatic carbocycles. The van der Waals surface area contributed by atoms with E-state index in [-0.39, 0.29) is 22.6 Å². The number of aliphatic imine (C=N–C) groups is 1. The largest absolute Gasteiger partial charge is 0.411 e. The number of thioether (sulfide) groups is 1. The lowest BCUT2D eigenvalue weighted by molar-refractivity contribution is -0.384. The van der Waals surface area contributed by atoms with E-state index in [1.54, 1.807) is 6.21 Å². The zero-order valence-corrected chi connectivity index (χ0v) is 19.1. The first-order valence-corrected chi connectivity index (χ1v) is 11.4. The van der Waals surface area contributed by atoms with Crippen LogP contribution in [0.25, 0.3) is 17.5 Å². The van der Waals surface area contributed by atoms with Crippen molar-refractivity contribution in [2.75, 3.05) is 11.1 Å². The Balaban J connectivity index is 1.27. The third kappa shape index (κ3) is 6.95. The van der Waals surface area contributed by atoms with E-state index in [0.717, 1.165) is 28.6 Å². The summed E-state index contributed by atoms with van der Waals surface area (Å²) in [5.41, 5.74) is 3.03. The number of non-ortho nitro benzene ring substituents is 1. The van der Waals surface area contributed by atoms with Crippen LogP contribution in [-0.2, 0) is 4.79 Å². The van der Waals surface area contributed by atoms with Crippen LogP contribution in [-0.4, -0.2) is 33.0 Å². The fraction of sp³-hybridized carbons (Fsp3) is 0.0400. The van der Waals surface area contributed by atoms with Gasteiger partial charge in [0.25, 0.3) is 10.9 Å². The lowest BCUT2D eigenvalue weighted by atomic mass is 10.2. The molecule has 0 radical (unpaired) electrons. The first kappa shape index (κ1) is 23.6. The van der Waals surface area contributed by atoms with Gasteiger partial charge in [-0.15, -0.1) is 10.2 Å². The molecule has 174 valence electrons. The molecule has 0 fully saturated rings. The zero-order valence-electron chi connectivity index (χ0n) is 18.3. The number of allylic oxidation sites excluding steroid dienone is 1. The van der Waals surface area contributed by atoms with Crippen LogP contribution in [0.3, 0.4) is 0 Å². The summed E-state index contributed by atoms with van der Waals surface area (Å²) in [7, 11) is 0. The third-order valence-corrected chi connectivity index (χ3v) is 5.43. The summed E-state index contributed by atoms with van der Waals surface area (Å²) in [6.45, 7) is 0. The SMILES string of the molecule is O=C(CSc1nnc(-c2ccc(N=C/C=C/c3ccccc3)cc2)o1)Nc1ccc([N+](=O)[O-])cc1. The van der Waals surface area contributed by atoms with Gasteiger partial charge in [-0.05, 0) is 48.0 Å². The Morgan fingerprint density at radius 2 is 1.77 bits per heavy atom. The van der Waals surface area contributed by atoms with E-state index in [9.17, 15) is 14.9 Å². The number of hydrogen-bond donors (Lipinski definition) is 1. The summed E-state index contributed by atoms with van der Waals surface area (Å²) >= 11 is 1.09. The van der Waals surface area contributed by atoms with Crippen LogP contribution in [0.2, 0.25) is 0 Å². The van der Waals surface area contributed by atoms with E-state index in [4.69, 9.17) is 4.42 Å². The monoisotopic (exact) mass is 485 g/mol. The number of anilines is 1. The van der Waals surface area contributed by atoms with Crippen molar-refractivity contribution in [1.82, 2.24) is 10.2 Å². The Bertz CT molecular complexity index is 1350. The fourth-order valence-corrected chi connectivity index (χ4v) is 3.48. The second-order valence-corrected chi connectivity index (χ2v) is 8.04. The molecule has 0 spiro atoms. The van der Waals surface area contributed by atoms with Gasteiger partial charge in [0.05, 0.1) is 16.4 Å². The molecule has 1 amide bonds. The van der Waals surface area contributed by atoms with Gasteiger partial charge >= 0.3 is 0 Å². The Labute approximate surface area is 204 Å². The van der Waals surface area contributed by atoms with E-state index in [0.29, 0.717) is 11.6 Å². The van der Waals surface area contributed by atoms with Crippen LogP contribution in [0.15, 0.2) is 99.6 Å². The Kier molecular flexibility index (Phi) is 7.77. The highest BCUT2D eigenvalue weighted by molar-refractivity contribution is 7.99. The number of carbonyl (C=O) groups excluding carboxylic acids is 1. The molecule has 4 rings (SSSR count). The summed E-state index contributed by atoms with van der Waals surface area (Å²) in [6.07, 6.45) is 5.58. The molecule has 0 unspecified atom stereocenters. The zero-order chi connectivity index (χ0) is 24.5. The minimum atomic E-state index is -0.500. The maximum Gasteiger partial charge on any atom is 0.277 e. The highest BCUT2D eigenvalue weighted by atomic mass is 32.2.